The monoisotopic (exact) mass is 295 g/mol. The van der Waals surface area contributed by atoms with E-state index in [9.17, 15) is 4.79 Å². The SMILES string of the molecule is Cc1[nH]c(Cl)c2cnn(C(C)C3CCOCC3)c(=O)c12. The zero-order chi connectivity index (χ0) is 14.3. The molecule has 1 saturated heterocycles. The van der Waals surface area contributed by atoms with Crippen molar-refractivity contribution in [1.29, 1.82) is 0 Å². The van der Waals surface area contributed by atoms with E-state index in [1.807, 2.05) is 6.92 Å². The van der Waals surface area contributed by atoms with Crippen LogP contribution < -0.4 is 5.56 Å². The molecule has 0 radical (unpaired) electrons. The van der Waals surface area contributed by atoms with Crippen molar-refractivity contribution in [3.05, 3.63) is 27.4 Å². The number of H-pyrrole nitrogens is 1. The Hall–Kier alpha value is -1.33. The third-order valence-corrected chi connectivity index (χ3v) is 4.54. The summed E-state index contributed by atoms with van der Waals surface area (Å²) in [6.45, 7) is 5.45. The van der Waals surface area contributed by atoms with Crippen LogP contribution in [0.3, 0.4) is 0 Å². The van der Waals surface area contributed by atoms with Crippen LogP contribution in [0.5, 0.6) is 0 Å². The van der Waals surface area contributed by atoms with Gasteiger partial charge in [0.15, 0.2) is 0 Å². The second-order valence-electron chi connectivity index (χ2n) is 5.44. The molecule has 108 valence electrons. The van der Waals surface area contributed by atoms with Gasteiger partial charge in [0, 0.05) is 24.3 Å². The van der Waals surface area contributed by atoms with Crippen LogP contribution in [-0.2, 0) is 4.74 Å². The van der Waals surface area contributed by atoms with Crippen LogP contribution in [0.4, 0.5) is 0 Å². The van der Waals surface area contributed by atoms with Crippen LogP contribution >= 0.6 is 11.6 Å². The summed E-state index contributed by atoms with van der Waals surface area (Å²) in [5, 5.41) is 6.14. The largest absolute Gasteiger partial charge is 0.381 e. The van der Waals surface area contributed by atoms with Crippen LogP contribution in [0.2, 0.25) is 5.15 Å². The van der Waals surface area contributed by atoms with E-state index < -0.39 is 0 Å². The Balaban J connectivity index is 2.05. The number of ether oxygens (including phenoxy) is 1. The maximum Gasteiger partial charge on any atom is 0.276 e. The van der Waals surface area contributed by atoms with Crippen molar-refractivity contribution in [2.24, 2.45) is 5.92 Å². The molecular weight excluding hydrogens is 278 g/mol. The molecule has 20 heavy (non-hydrogen) atoms. The highest BCUT2D eigenvalue weighted by atomic mass is 35.5. The topological polar surface area (TPSA) is 59.9 Å². The van der Waals surface area contributed by atoms with Gasteiger partial charge in [-0.3, -0.25) is 4.79 Å². The fraction of sp³-hybridized carbons (Fsp3) is 0.571. The number of hydrogen-bond donors (Lipinski definition) is 1. The highest BCUT2D eigenvalue weighted by Gasteiger charge is 2.24. The number of fused-ring (bicyclic) bond motifs is 1. The Morgan fingerprint density at radius 1 is 1.50 bits per heavy atom. The average molecular weight is 296 g/mol. The minimum Gasteiger partial charge on any atom is -0.381 e. The molecule has 1 aliphatic rings. The van der Waals surface area contributed by atoms with E-state index >= 15 is 0 Å². The Labute approximate surface area is 121 Å². The first-order valence-electron chi connectivity index (χ1n) is 6.93. The van der Waals surface area contributed by atoms with Gasteiger partial charge in [-0.15, -0.1) is 0 Å². The van der Waals surface area contributed by atoms with Crippen LogP contribution in [0.1, 0.15) is 31.5 Å². The summed E-state index contributed by atoms with van der Waals surface area (Å²) in [4.78, 5) is 15.6. The normalized spacial score (nSPS) is 18.6. The zero-order valence-electron chi connectivity index (χ0n) is 11.6. The number of aryl methyl sites for hydroxylation is 1. The van der Waals surface area contributed by atoms with Gasteiger partial charge < -0.3 is 9.72 Å². The van der Waals surface area contributed by atoms with Gasteiger partial charge in [0.25, 0.3) is 5.56 Å². The molecule has 2 aromatic heterocycles. The Kier molecular flexibility index (Phi) is 3.56. The number of aromatic nitrogens is 3. The van der Waals surface area contributed by atoms with E-state index in [-0.39, 0.29) is 11.6 Å². The van der Waals surface area contributed by atoms with E-state index in [2.05, 4.69) is 17.0 Å². The highest BCUT2D eigenvalue weighted by molar-refractivity contribution is 6.34. The van der Waals surface area contributed by atoms with Gasteiger partial charge in [-0.05, 0) is 32.6 Å². The van der Waals surface area contributed by atoms with E-state index in [4.69, 9.17) is 16.3 Å². The van der Waals surface area contributed by atoms with Crippen LogP contribution in [0, 0.1) is 12.8 Å². The number of nitrogens with zero attached hydrogens (tertiary/aromatic N) is 2. The minimum atomic E-state index is -0.0675. The molecule has 1 atom stereocenters. The molecule has 0 aromatic carbocycles. The second kappa shape index (κ2) is 5.22. The standard InChI is InChI=1S/C14H18ClN3O2/c1-8-12-11(13(15)17-8)7-16-18(14(12)19)9(2)10-3-5-20-6-4-10/h7,9-10,17H,3-6H2,1-2H3. The van der Waals surface area contributed by atoms with Crippen molar-refractivity contribution in [2.45, 2.75) is 32.7 Å². The van der Waals surface area contributed by atoms with Gasteiger partial charge in [0.1, 0.15) is 5.15 Å². The molecule has 0 bridgehead atoms. The molecule has 6 heteroatoms. The van der Waals surface area contributed by atoms with E-state index in [1.54, 1.807) is 10.9 Å². The van der Waals surface area contributed by atoms with Gasteiger partial charge in [-0.1, -0.05) is 11.6 Å². The van der Waals surface area contributed by atoms with Crippen molar-refractivity contribution in [1.82, 2.24) is 14.8 Å². The maximum atomic E-state index is 12.6. The van der Waals surface area contributed by atoms with Gasteiger partial charge >= 0.3 is 0 Å². The number of aromatic amines is 1. The maximum absolute atomic E-state index is 12.6. The molecule has 1 unspecified atom stereocenters. The lowest BCUT2D eigenvalue weighted by Gasteiger charge is -2.28. The molecule has 2 aromatic rings. The smallest absolute Gasteiger partial charge is 0.276 e. The lowest BCUT2D eigenvalue weighted by molar-refractivity contribution is 0.0489. The molecule has 0 saturated carbocycles. The van der Waals surface area contributed by atoms with E-state index in [0.717, 1.165) is 31.7 Å². The number of hydrogen-bond acceptors (Lipinski definition) is 3. The van der Waals surface area contributed by atoms with E-state index in [0.29, 0.717) is 21.8 Å². The van der Waals surface area contributed by atoms with Crippen molar-refractivity contribution < 1.29 is 4.74 Å². The van der Waals surface area contributed by atoms with Gasteiger partial charge in [-0.25, -0.2) is 4.68 Å². The highest BCUT2D eigenvalue weighted by Crippen LogP contribution is 2.27. The van der Waals surface area contributed by atoms with Crippen LogP contribution in [-0.4, -0.2) is 28.0 Å². The van der Waals surface area contributed by atoms with Gasteiger partial charge in [0.05, 0.1) is 17.6 Å². The molecule has 5 nitrogen and oxygen atoms in total. The van der Waals surface area contributed by atoms with Crippen molar-refractivity contribution >= 4 is 22.4 Å². The third-order valence-electron chi connectivity index (χ3n) is 4.25. The first-order chi connectivity index (χ1) is 9.59. The molecular formula is C14H18ClN3O2. The van der Waals surface area contributed by atoms with Crippen molar-refractivity contribution in [3.63, 3.8) is 0 Å². The average Bonchev–Trinajstić information content (AvgIpc) is 2.75. The zero-order valence-corrected chi connectivity index (χ0v) is 12.4. The number of rotatable bonds is 2. The predicted molar refractivity (Wildman–Crippen MR) is 78.4 cm³/mol. The summed E-state index contributed by atoms with van der Waals surface area (Å²) in [6, 6.07) is 0.0730. The first-order valence-corrected chi connectivity index (χ1v) is 7.30. The molecule has 3 heterocycles. The summed E-state index contributed by atoms with van der Waals surface area (Å²) in [5.74, 6) is 0.432. The predicted octanol–water partition coefficient (Wildman–Crippen LogP) is 2.67. The second-order valence-corrected chi connectivity index (χ2v) is 5.82. The molecule has 1 aliphatic heterocycles. The number of nitrogens with one attached hydrogen (secondary N) is 1. The fourth-order valence-electron chi connectivity index (χ4n) is 2.98. The van der Waals surface area contributed by atoms with Gasteiger partial charge in [-0.2, -0.15) is 5.10 Å². The Morgan fingerprint density at radius 2 is 2.20 bits per heavy atom. The summed E-state index contributed by atoms with van der Waals surface area (Å²) < 4.78 is 6.97. The lowest BCUT2D eigenvalue weighted by atomic mass is 9.93. The number of halogens is 1. The summed E-state index contributed by atoms with van der Waals surface area (Å²) in [5.41, 5.74) is 0.729. The Morgan fingerprint density at radius 3 is 2.90 bits per heavy atom. The quantitative estimate of drug-likeness (QED) is 0.926. The van der Waals surface area contributed by atoms with Gasteiger partial charge in [0.2, 0.25) is 0 Å². The lowest BCUT2D eigenvalue weighted by Crippen LogP contribution is -2.32. The molecule has 3 rings (SSSR count). The summed E-state index contributed by atoms with van der Waals surface area (Å²) >= 11 is 6.07. The molecule has 0 aliphatic carbocycles. The fourth-order valence-corrected chi connectivity index (χ4v) is 3.26. The molecule has 1 N–H and O–H groups in total. The summed E-state index contributed by atoms with van der Waals surface area (Å²) in [7, 11) is 0. The molecule has 0 amide bonds. The summed E-state index contributed by atoms with van der Waals surface area (Å²) in [6.07, 6.45) is 3.62. The Bertz CT molecular complexity index is 686. The van der Waals surface area contributed by atoms with Crippen LogP contribution in [0.25, 0.3) is 10.8 Å². The van der Waals surface area contributed by atoms with Crippen LogP contribution in [0.15, 0.2) is 11.0 Å². The molecule has 0 spiro atoms. The minimum absolute atomic E-state index is 0.0675. The van der Waals surface area contributed by atoms with E-state index in [1.165, 1.54) is 0 Å². The van der Waals surface area contributed by atoms with Crippen molar-refractivity contribution in [3.8, 4) is 0 Å². The third kappa shape index (κ3) is 2.15. The molecule has 1 fully saturated rings. The van der Waals surface area contributed by atoms with Crippen molar-refractivity contribution in [2.75, 3.05) is 13.2 Å². The first kappa shape index (κ1) is 13.6.